The van der Waals surface area contributed by atoms with E-state index in [4.69, 9.17) is 0 Å². The van der Waals surface area contributed by atoms with Gasteiger partial charge in [0.15, 0.2) is 0 Å². The summed E-state index contributed by atoms with van der Waals surface area (Å²) in [6.45, 7) is 12.2. The molecule has 0 heteroatoms. The smallest absolute Gasteiger partial charge is 0.0231 e. The first-order valence-corrected chi connectivity index (χ1v) is 5.53. The summed E-state index contributed by atoms with van der Waals surface area (Å²) in [7, 11) is 0. The second kappa shape index (κ2) is 15.4. The Bertz CT molecular complexity index is 234. The van der Waals surface area contributed by atoms with Gasteiger partial charge in [-0.05, 0) is 25.0 Å². The molecule has 0 spiro atoms. The zero-order chi connectivity index (χ0) is 11.4. The molecule has 15 heavy (non-hydrogen) atoms. The van der Waals surface area contributed by atoms with E-state index in [9.17, 15) is 0 Å². The Morgan fingerprint density at radius 1 is 0.933 bits per heavy atom. The van der Waals surface area contributed by atoms with Crippen molar-refractivity contribution in [1.29, 1.82) is 0 Å². The van der Waals surface area contributed by atoms with Crippen molar-refractivity contribution in [2.45, 2.75) is 49.0 Å². The minimum Gasteiger partial charge on any atom is -0.0871 e. The lowest BCUT2D eigenvalue weighted by molar-refractivity contribution is 1.44. The van der Waals surface area contributed by atoms with Gasteiger partial charge >= 0.3 is 0 Å². The minimum atomic E-state index is 0. The highest BCUT2D eigenvalue weighted by Gasteiger charge is 1.87. The van der Waals surface area contributed by atoms with Gasteiger partial charge < -0.3 is 0 Å². The van der Waals surface area contributed by atoms with Crippen LogP contribution in [-0.4, -0.2) is 0 Å². The summed E-state index contributed by atoms with van der Waals surface area (Å²) in [5.74, 6) is 0. The summed E-state index contributed by atoms with van der Waals surface area (Å²) in [6.07, 6.45) is 4.18. The van der Waals surface area contributed by atoms with Gasteiger partial charge in [-0.25, -0.2) is 0 Å². The summed E-state index contributed by atoms with van der Waals surface area (Å²) < 4.78 is 0. The molecule has 88 valence electrons. The second-order valence-corrected chi connectivity index (χ2v) is 2.36. The summed E-state index contributed by atoms with van der Waals surface area (Å²) in [5.41, 5.74) is 2.64. The maximum Gasteiger partial charge on any atom is -0.0231 e. The Morgan fingerprint density at radius 2 is 1.40 bits per heavy atom. The van der Waals surface area contributed by atoms with E-state index in [1.807, 2.05) is 34.6 Å². The molecule has 0 unspecified atom stereocenters. The predicted octanol–water partition coefficient (Wildman–Crippen LogP) is 5.72. The van der Waals surface area contributed by atoms with Crippen molar-refractivity contribution < 1.29 is 0 Å². The number of hydrogen-bond donors (Lipinski definition) is 0. The highest BCUT2D eigenvalue weighted by atomic mass is 13.9. The van der Waals surface area contributed by atoms with E-state index in [1.54, 1.807) is 0 Å². The topological polar surface area (TPSA) is 0 Å². The van der Waals surface area contributed by atoms with Gasteiger partial charge in [0, 0.05) is 0 Å². The van der Waals surface area contributed by atoms with Gasteiger partial charge in [-0.15, -0.1) is 0 Å². The fourth-order valence-electron chi connectivity index (χ4n) is 0.953. The molecule has 0 aromatic heterocycles. The molecule has 0 saturated heterocycles. The first-order chi connectivity index (χ1) is 6.84. The molecular formula is C15H28. The second-order valence-electron chi connectivity index (χ2n) is 2.36. The van der Waals surface area contributed by atoms with Crippen LogP contribution in [0.4, 0.5) is 0 Å². The monoisotopic (exact) mass is 208 g/mol. The molecular weight excluding hydrogens is 180 g/mol. The van der Waals surface area contributed by atoms with E-state index in [2.05, 4.69) is 43.3 Å². The standard InChI is InChI=1S/C10H12.2C2H6.CH4/c1-3-6-10-8-5-4-7-9(10)2;2*1-2;/h3-8H,1-2H3;2*1-2H3;1H4/b6-3-;;;. The number of aryl methyl sites for hydroxylation is 1. The Labute approximate surface area is 97.0 Å². The average molecular weight is 208 g/mol. The molecule has 0 heterocycles. The highest BCUT2D eigenvalue weighted by Crippen LogP contribution is 2.07. The van der Waals surface area contributed by atoms with Crippen molar-refractivity contribution in [3.05, 3.63) is 41.5 Å². The van der Waals surface area contributed by atoms with Crippen LogP contribution in [0.1, 0.15) is 53.2 Å². The van der Waals surface area contributed by atoms with Crippen LogP contribution in [0.25, 0.3) is 6.08 Å². The van der Waals surface area contributed by atoms with Crippen molar-refractivity contribution in [2.24, 2.45) is 0 Å². The van der Waals surface area contributed by atoms with E-state index >= 15 is 0 Å². The van der Waals surface area contributed by atoms with E-state index < -0.39 is 0 Å². The van der Waals surface area contributed by atoms with E-state index in [0.29, 0.717) is 0 Å². The van der Waals surface area contributed by atoms with Crippen LogP contribution < -0.4 is 0 Å². The fraction of sp³-hybridized carbons (Fsp3) is 0.467. The molecule has 0 nitrogen and oxygen atoms in total. The number of benzene rings is 1. The van der Waals surface area contributed by atoms with E-state index in [1.165, 1.54) is 11.1 Å². The van der Waals surface area contributed by atoms with Crippen LogP contribution in [-0.2, 0) is 0 Å². The SMILES string of the molecule is C.C/C=C\c1ccccc1C.CC.CC. The van der Waals surface area contributed by atoms with Gasteiger partial charge in [0.05, 0.1) is 0 Å². The zero-order valence-corrected chi connectivity index (χ0v) is 10.5. The van der Waals surface area contributed by atoms with Gasteiger partial charge in [-0.2, -0.15) is 0 Å². The van der Waals surface area contributed by atoms with E-state index in [0.717, 1.165) is 0 Å². The molecule has 0 radical (unpaired) electrons. The van der Waals surface area contributed by atoms with Gasteiger partial charge in [0.1, 0.15) is 0 Å². The molecule has 1 aromatic rings. The average Bonchev–Trinajstić information content (AvgIpc) is 2.28. The first kappa shape index (κ1) is 19.5. The van der Waals surface area contributed by atoms with Crippen molar-refractivity contribution in [3.63, 3.8) is 0 Å². The maximum absolute atomic E-state index is 2.12. The third-order valence-corrected chi connectivity index (χ3v) is 1.53. The Morgan fingerprint density at radius 3 is 1.80 bits per heavy atom. The third-order valence-electron chi connectivity index (χ3n) is 1.53. The molecule has 0 aliphatic rings. The van der Waals surface area contributed by atoms with Crippen LogP contribution in [0, 0.1) is 6.92 Å². The molecule has 0 atom stereocenters. The van der Waals surface area contributed by atoms with Crippen LogP contribution in [0.5, 0.6) is 0 Å². The number of hydrogen-bond acceptors (Lipinski definition) is 0. The summed E-state index contributed by atoms with van der Waals surface area (Å²) in [6, 6.07) is 8.36. The summed E-state index contributed by atoms with van der Waals surface area (Å²) >= 11 is 0. The van der Waals surface area contributed by atoms with Crippen LogP contribution >= 0.6 is 0 Å². The summed E-state index contributed by atoms with van der Waals surface area (Å²) in [5, 5.41) is 0. The Hall–Kier alpha value is -1.04. The van der Waals surface area contributed by atoms with Gasteiger partial charge in [-0.3, -0.25) is 0 Å². The van der Waals surface area contributed by atoms with Gasteiger partial charge in [-0.1, -0.05) is 71.5 Å². The molecule has 0 bridgehead atoms. The Kier molecular flexibility index (Phi) is 20.1. The largest absolute Gasteiger partial charge is 0.0871 e. The van der Waals surface area contributed by atoms with Crippen molar-refractivity contribution in [2.75, 3.05) is 0 Å². The lowest BCUT2D eigenvalue weighted by atomic mass is 10.1. The zero-order valence-electron chi connectivity index (χ0n) is 10.5. The van der Waals surface area contributed by atoms with Crippen molar-refractivity contribution >= 4 is 6.08 Å². The lowest BCUT2D eigenvalue weighted by Gasteiger charge is -1.96. The minimum absolute atomic E-state index is 0. The first-order valence-electron chi connectivity index (χ1n) is 5.53. The molecule has 1 rings (SSSR count). The Balaban J connectivity index is -0.000000258. The van der Waals surface area contributed by atoms with Crippen LogP contribution in [0.2, 0.25) is 0 Å². The molecule has 0 N–H and O–H groups in total. The molecule has 1 aromatic carbocycles. The molecule has 0 aliphatic carbocycles. The molecule has 0 aliphatic heterocycles. The molecule has 0 amide bonds. The molecule has 0 fully saturated rings. The lowest BCUT2D eigenvalue weighted by Crippen LogP contribution is -1.76. The van der Waals surface area contributed by atoms with Gasteiger partial charge in [0.25, 0.3) is 0 Å². The van der Waals surface area contributed by atoms with Crippen molar-refractivity contribution in [3.8, 4) is 0 Å². The van der Waals surface area contributed by atoms with Crippen LogP contribution in [0.3, 0.4) is 0 Å². The van der Waals surface area contributed by atoms with E-state index in [-0.39, 0.29) is 7.43 Å². The van der Waals surface area contributed by atoms with Crippen LogP contribution in [0.15, 0.2) is 30.3 Å². The predicted molar refractivity (Wildman–Crippen MR) is 75.3 cm³/mol. The van der Waals surface area contributed by atoms with Crippen molar-refractivity contribution in [1.82, 2.24) is 0 Å². The van der Waals surface area contributed by atoms with Gasteiger partial charge in [0.2, 0.25) is 0 Å². The number of allylic oxidation sites excluding steroid dienone is 1. The third kappa shape index (κ3) is 9.27. The normalized spacial score (nSPS) is 7.87. The number of rotatable bonds is 1. The fourth-order valence-corrected chi connectivity index (χ4v) is 0.953. The maximum atomic E-state index is 2.12. The quantitative estimate of drug-likeness (QED) is 0.554. The molecule has 0 saturated carbocycles. The highest BCUT2D eigenvalue weighted by molar-refractivity contribution is 5.52. The summed E-state index contributed by atoms with van der Waals surface area (Å²) in [4.78, 5) is 0.